The van der Waals surface area contributed by atoms with Crippen molar-refractivity contribution in [3.05, 3.63) is 38.7 Å². The van der Waals surface area contributed by atoms with Crippen molar-refractivity contribution in [3.63, 3.8) is 0 Å². The van der Waals surface area contributed by atoms with Gasteiger partial charge in [-0.1, -0.05) is 11.6 Å². The van der Waals surface area contributed by atoms with E-state index in [0.29, 0.717) is 11.1 Å². The Kier molecular flexibility index (Phi) is 4.25. The number of ether oxygens (including phenoxy) is 1. The summed E-state index contributed by atoms with van der Waals surface area (Å²) in [5.74, 6) is -0.626. The maximum absolute atomic E-state index is 12.8. The zero-order chi connectivity index (χ0) is 15.8. The molecule has 0 amide bonds. The lowest BCUT2D eigenvalue weighted by Crippen LogP contribution is -2.07. The third kappa shape index (κ3) is 3.19. The summed E-state index contributed by atoms with van der Waals surface area (Å²) < 4.78 is 43.1. The van der Waals surface area contributed by atoms with Crippen LogP contribution in [0.2, 0.25) is 5.15 Å². The van der Waals surface area contributed by atoms with Crippen molar-refractivity contribution in [1.29, 1.82) is 0 Å². The lowest BCUT2D eigenvalue weighted by atomic mass is 10.1. The van der Waals surface area contributed by atoms with Gasteiger partial charge in [-0.3, -0.25) is 0 Å². The fourth-order valence-electron chi connectivity index (χ4n) is 1.79. The first-order valence-electron chi connectivity index (χ1n) is 5.65. The highest BCUT2D eigenvalue weighted by atomic mass is 35.5. The highest BCUT2D eigenvalue weighted by molar-refractivity contribution is 7.12. The Hall–Kier alpha value is -1.60. The molecule has 0 aliphatic rings. The molecule has 0 spiro atoms. The van der Waals surface area contributed by atoms with Gasteiger partial charge in [0.1, 0.15) is 10.0 Å². The van der Waals surface area contributed by atoms with E-state index in [2.05, 4.69) is 9.72 Å². The van der Waals surface area contributed by atoms with Crippen molar-refractivity contribution >= 4 is 28.9 Å². The Morgan fingerprint density at radius 2 is 2.05 bits per heavy atom. The molecule has 0 aliphatic carbocycles. The number of hydrogen-bond acceptors (Lipinski definition) is 4. The van der Waals surface area contributed by atoms with E-state index in [0.717, 1.165) is 23.5 Å². The first kappa shape index (κ1) is 15.8. The number of esters is 1. The molecular formula is C13H9ClF3NO2S. The predicted octanol–water partition coefficient (Wildman–Crippen LogP) is 4.58. The third-order valence-electron chi connectivity index (χ3n) is 2.72. The Morgan fingerprint density at radius 3 is 2.62 bits per heavy atom. The summed E-state index contributed by atoms with van der Waals surface area (Å²) in [4.78, 5) is 15.8. The molecule has 0 saturated heterocycles. The quantitative estimate of drug-likeness (QED) is 0.596. The number of hydrogen-bond donors (Lipinski definition) is 0. The van der Waals surface area contributed by atoms with Crippen molar-refractivity contribution in [2.45, 2.75) is 13.1 Å². The number of aryl methyl sites for hydroxylation is 1. The molecule has 0 fully saturated rings. The van der Waals surface area contributed by atoms with Gasteiger partial charge >= 0.3 is 12.1 Å². The third-order valence-corrected chi connectivity index (χ3v) is 3.99. The average Bonchev–Trinajstić information content (AvgIpc) is 2.78. The van der Waals surface area contributed by atoms with E-state index >= 15 is 0 Å². The lowest BCUT2D eigenvalue weighted by molar-refractivity contribution is -0.137. The van der Waals surface area contributed by atoms with Crippen LogP contribution in [0.4, 0.5) is 13.2 Å². The van der Waals surface area contributed by atoms with Gasteiger partial charge in [-0.25, -0.2) is 9.78 Å². The summed E-state index contributed by atoms with van der Waals surface area (Å²) in [5, 5.41) is 1.36. The summed E-state index contributed by atoms with van der Waals surface area (Å²) in [6, 6.07) is 1.61. The van der Waals surface area contributed by atoms with E-state index in [1.807, 2.05) is 0 Å². The Bertz CT molecular complexity index is 697. The molecule has 0 bridgehead atoms. The second-order valence-corrected chi connectivity index (χ2v) is 5.44. The molecule has 0 atom stereocenters. The average molecular weight is 336 g/mol. The van der Waals surface area contributed by atoms with Crippen LogP contribution in [0.15, 0.2) is 17.5 Å². The molecular weight excluding hydrogens is 327 g/mol. The molecule has 0 aromatic carbocycles. The summed E-state index contributed by atoms with van der Waals surface area (Å²) >= 11 is 6.75. The SMILES string of the molecule is COC(=O)c1scc(C)c1-c1cc(C(F)(F)F)cc(Cl)n1. The van der Waals surface area contributed by atoms with Crippen molar-refractivity contribution in [2.24, 2.45) is 0 Å². The van der Waals surface area contributed by atoms with E-state index in [9.17, 15) is 18.0 Å². The fraction of sp³-hybridized carbons (Fsp3) is 0.231. The smallest absolute Gasteiger partial charge is 0.416 e. The lowest BCUT2D eigenvalue weighted by Gasteiger charge is -2.10. The number of carbonyl (C=O) groups is 1. The van der Waals surface area contributed by atoms with Crippen LogP contribution in [0.5, 0.6) is 0 Å². The maximum atomic E-state index is 12.8. The van der Waals surface area contributed by atoms with Crippen LogP contribution in [0.3, 0.4) is 0 Å². The van der Waals surface area contributed by atoms with Crippen LogP contribution in [-0.2, 0) is 10.9 Å². The topological polar surface area (TPSA) is 39.2 Å². The Morgan fingerprint density at radius 1 is 1.38 bits per heavy atom. The molecule has 2 aromatic heterocycles. The molecule has 0 aliphatic heterocycles. The number of nitrogens with zero attached hydrogens (tertiary/aromatic N) is 1. The molecule has 0 N–H and O–H groups in total. The van der Waals surface area contributed by atoms with Crippen LogP contribution >= 0.6 is 22.9 Å². The first-order chi connectivity index (χ1) is 9.74. The molecule has 8 heteroatoms. The number of halogens is 4. The van der Waals surface area contributed by atoms with Gasteiger partial charge in [0.2, 0.25) is 0 Å². The molecule has 0 radical (unpaired) electrons. The molecule has 2 heterocycles. The van der Waals surface area contributed by atoms with Crippen molar-refractivity contribution in [3.8, 4) is 11.3 Å². The summed E-state index contributed by atoms with van der Waals surface area (Å²) in [5.41, 5.74) is 0.0102. The number of carbonyl (C=O) groups excluding carboxylic acids is 1. The van der Waals surface area contributed by atoms with Gasteiger partial charge in [0.25, 0.3) is 0 Å². The number of pyridine rings is 1. The zero-order valence-corrected chi connectivity index (χ0v) is 12.5. The second kappa shape index (κ2) is 5.65. The predicted molar refractivity (Wildman–Crippen MR) is 73.6 cm³/mol. The fourth-order valence-corrected chi connectivity index (χ4v) is 2.98. The molecule has 0 saturated carbocycles. The number of rotatable bonds is 2. The number of alkyl halides is 3. The highest BCUT2D eigenvalue weighted by Crippen LogP contribution is 2.37. The summed E-state index contributed by atoms with van der Waals surface area (Å²) in [6.45, 7) is 1.67. The molecule has 2 rings (SSSR count). The summed E-state index contributed by atoms with van der Waals surface area (Å²) in [7, 11) is 1.20. The maximum Gasteiger partial charge on any atom is 0.416 e. The second-order valence-electron chi connectivity index (χ2n) is 4.18. The monoisotopic (exact) mass is 335 g/mol. The molecule has 21 heavy (non-hydrogen) atoms. The highest BCUT2D eigenvalue weighted by Gasteiger charge is 2.32. The van der Waals surface area contributed by atoms with Crippen molar-refractivity contribution < 1.29 is 22.7 Å². The Balaban J connectivity index is 2.65. The van der Waals surface area contributed by atoms with Crippen LogP contribution in [0.25, 0.3) is 11.3 Å². The van der Waals surface area contributed by atoms with Gasteiger partial charge in [-0.05, 0) is 30.0 Å². The molecule has 3 nitrogen and oxygen atoms in total. The Labute approximate surface area is 127 Å². The standard InChI is InChI=1S/C13H9ClF3NO2S/c1-6-5-21-11(12(19)20-2)10(6)8-3-7(13(15,16)17)4-9(14)18-8/h3-5H,1-2H3. The number of thiophene rings is 1. The molecule has 2 aromatic rings. The molecule has 112 valence electrons. The van der Waals surface area contributed by atoms with Crippen LogP contribution in [-0.4, -0.2) is 18.1 Å². The number of aromatic nitrogens is 1. The van der Waals surface area contributed by atoms with Gasteiger partial charge < -0.3 is 4.74 Å². The van der Waals surface area contributed by atoms with E-state index < -0.39 is 17.7 Å². The van der Waals surface area contributed by atoms with E-state index in [1.165, 1.54) is 7.11 Å². The van der Waals surface area contributed by atoms with E-state index in [4.69, 9.17) is 11.6 Å². The van der Waals surface area contributed by atoms with Crippen LogP contribution in [0, 0.1) is 6.92 Å². The zero-order valence-electron chi connectivity index (χ0n) is 10.9. The van der Waals surface area contributed by atoms with Gasteiger partial charge in [0.05, 0.1) is 18.4 Å². The normalized spacial score (nSPS) is 11.5. The minimum absolute atomic E-state index is 0.00558. The van der Waals surface area contributed by atoms with Gasteiger partial charge in [0, 0.05) is 5.56 Å². The van der Waals surface area contributed by atoms with Gasteiger partial charge in [-0.15, -0.1) is 11.3 Å². The number of methoxy groups -OCH3 is 1. The van der Waals surface area contributed by atoms with E-state index in [1.54, 1.807) is 12.3 Å². The molecule has 0 unspecified atom stereocenters. The van der Waals surface area contributed by atoms with Crippen molar-refractivity contribution in [2.75, 3.05) is 7.11 Å². The van der Waals surface area contributed by atoms with Crippen LogP contribution in [0.1, 0.15) is 20.8 Å². The first-order valence-corrected chi connectivity index (χ1v) is 6.91. The van der Waals surface area contributed by atoms with Gasteiger partial charge in [0.15, 0.2) is 0 Å². The van der Waals surface area contributed by atoms with E-state index in [-0.39, 0.29) is 15.7 Å². The minimum Gasteiger partial charge on any atom is -0.465 e. The van der Waals surface area contributed by atoms with Crippen molar-refractivity contribution in [1.82, 2.24) is 4.98 Å². The minimum atomic E-state index is -4.54. The largest absolute Gasteiger partial charge is 0.465 e. The summed E-state index contributed by atoms with van der Waals surface area (Å²) in [6.07, 6.45) is -4.54. The van der Waals surface area contributed by atoms with Gasteiger partial charge in [-0.2, -0.15) is 13.2 Å². The van der Waals surface area contributed by atoms with Crippen LogP contribution < -0.4 is 0 Å².